The zero-order valence-electron chi connectivity index (χ0n) is 7.85. The number of hydrogen-bond donors (Lipinski definition) is 1. The number of nitrogens with zero attached hydrogens (tertiary/aromatic N) is 2. The summed E-state index contributed by atoms with van der Waals surface area (Å²) in [6, 6.07) is 0. The van der Waals surface area contributed by atoms with E-state index in [-0.39, 0.29) is 5.75 Å². The highest BCUT2D eigenvalue weighted by molar-refractivity contribution is 7.90. The molecule has 0 amide bonds. The third-order valence-corrected chi connectivity index (χ3v) is 3.68. The van der Waals surface area contributed by atoms with Crippen LogP contribution in [-0.4, -0.2) is 44.2 Å². The van der Waals surface area contributed by atoms with Gasteiger partial charge in [0.25, 0.3) is 0 Å². The predicted molar refractivity (Wildman–Crippen MR) is 60.3 cm³/mol. The van der Waals surface area contributed by atoms with Gasteiger partial charge in [-0.2, -0.15) is 0 Å². The van der Waals surface area contributed by atoms with Gasteiger partial charge in [-0.15, -0.1) is 5.10 Å². The van der Waals surface area contributed by atoms with Gasteiger partial charge in [-0.05, 0) is 12.2 Å². The van der Waals surface area contributed by atoms with E-state index in [2.05, 4.69) is 10.2 Å². The Morgan fingerprint density at radius 3 is 2.71 bits per heavy atom. The van der Waals surface area contributed by atoms with Crippen molar-refractivity contribution in [3.63, 3.8) is 0 Å². The monoisotopic (exact) mass is 253 g/mol. The van der Waals surface area contributed by atoms with E-state index in [9.17, 15) is 8.42 Å². The van der Waals surface area contributed by atoms with E-state index in [1.165, 1.54) is 17.6 Å². The van der Waals surface area contributed by atoms with E-state index in [1.807, 2.05) is 0 Å². The summed E-state index contributed by atoms with van der Waals surface area (Å²) < 4.78 is 22.4. The summed E-state index contributed by atoms with van der Waals surface area (Å²) >= 11 is 6.19. The third-order valence-electron chi connectivity index (χ3n) is 1.55. The summed E-state index contributed by atoms with van der Waals surface area (Å²) in [6.07, 6.45) is 1.22. The van der Waals surface area contributed by atoms with E-state index in [0.717, 1.165) is 0 Å². The van der Waals surface area contributed by atoms with E-state index < -0.39 is 9.84 Å². The van der Waals surface area contributed by atoms with E-state index in [4.69, 9.17) is 12.2 Å². The van der Waals surface area contributed by atoms with Gasteiger partial charge in [-0.1, -0.05) is 11.3 Å². The van der Waals surface area contributed by atoms with Crippen molar-refractivity contribution in [2.75, 3.05) is 30.5 Å². The molecule has 5 nitrogen and oxygen atoms in total. The molecule has 1 aromatic heterocycles. The van der Waals surface area contributed by atoms with Crippen molar-refractivity contribution in [2.24, 2.45) is 0 Å². The molecule has 0 saturated carbocycles. The highest BCUT2D eigenvalue weighted by Gasteiger charge is 2.08. The van der Waals surface area contributed by atoms with E-state index in [0.29, 0.717) is 15.6 Å². The van der Waals surface area contributed by atoms with Crippen LogP contribution in [0.25, 0.3) is 0 Å². The van der Waals surface area contributed by atoms with Crippen molar-refractivity contribution < 1.29 is 8.42 Å². The lowest BCUT2D eigenvalue weighted by Gasteiger charge is -2.13. The smallest absolute Gasteiger partial charge is 0.206 e. The SMILES string of the molecule is CN(CCS(C)(=O)=O)c1n[nH]c(=S)s1. The summed E-state index contributed by atoms with van der Waals surface area (Å²) in [7, 11) is -1.14. The summed E-state index contributed by atoms with van der Waals surface area (Å²) in [5.74, 6) is 0.121. The van der Waals surface area contributed by atoms with Crippen LogP contribution in [0.5, 0.6) is 0 Å². The van der Waals surface area contributed by atoms with Crippen molar-refractivity contribution in [3.8, 4) is 0 Å². The summed E-state index contributed by atoms with van der Waals surface area (Å²) in [4.78, 5) is 1.76. The van der Waals surface area contributed by atoms with Crippen LogP contribution in [-0.2, 0) is 9.84 Å². The van der Waals surface area contributed by atoms with Crippen LogP contribution in [0.4, 0.5) is 5.13 Å². The van der Waals surface area contributed by atoms with Gasteiger partial charge in [0, 0.05) is 19.8 Å². The molecule has 0 saturated heterocycles. The highest BCUT2D eigenvalue weighted by Crippen LogP contribution is 2.15. The van der Waals surface area contributed by atoms with Crippen molar-refractivity contribution in [3.05, 3.63) is 3.95 Å². The van der Waals surface area contributed by atoms with E-state index in [1.54, 1.807) is 11.9 Å². The molecule has 1 rings (SSSR count). The van der Waals surface area contributed by atoms with Crippen molar-refractivity contribution in [1.29, 1.82) is 0 Å². The summed E-state index contributed by atoms with van der Waals surface area (Å²) in [5.41, 5.74) is 0. The molecule has 0 aliphatic carbocycles. The Labute approximate surface area is 91.7 Å². The van der Waals surface area contributed by atoms with Gasteiger partial charge >= 0.3 is 0 Å². The Morgan fingerprint density at radius 2 is 2.29 bits per heavy atom. The molecule has 14 heavy (non-hydrogen) atoms. The molecule has 0 unspecified atom stereocenters. The Morgan fingerprint density at radius 1 is 1.64 bits per heavy atom. The number of nitrogens with one attached hydrogen (secondary N) is 1. The van der Waals surface area contributed by atoms with Gasteiger partial charge in [-0.25, -0.2) is 8.42 Å². The van der Waals surface area contributed by atoms with Gasteiger partial charge in [0.1, 0.15) is 9.84 Å². The lowest BCUT2D eigenvalue weighted by Crippen LogP contribution is -2.24. The maximum absolute atomic E-state index is 10.9. The molecule has 1 N–H and O–H groups in total. The van der Waals surface area contributed by atoms with Crippen LogP contribution in [0.2, 0.25) is 0 Å². The molecular formula is C6H11N3O2S3. The summed E-state index contributed by atoms with van der Waals surface area (Å²) in [5, 5.41) is 7.28. The number of H-pyrrole nitrogens is 1. The molecule has 80 valence electrons. The molecule has 0 aliphatic heterocycles. The molecule has 0 aromatic carbocycles. The fraction of sp³-hybridized carbons (Fsp3) is 0.667. The fourth-order valence-electron chi connectivity index (χ4n) is 0.784. The highest BCUT2D eigenvalue weighted by atomic mass is 32.2. The number of aromatic nitrogens is 2. The lowest BCUT2D eigenvalue weighted by atomic mass is 10.7. The largest absolute Gasteiger partial charge is 0.349 e. The molecule has 0 radical (unpaired) electrons. The molecule has 0 atom stereocenters. The third kappa shape index (κ3) is 3.72. The number of anilines is 1. The molecule has 0 bridgehead atoms. The molecule has 0 spiro atoms. The zero-order valence-corrected chi connectivity index (χ0v) is 10.3. The maximum Gasteiger partial charge on any atom is 0.206 e. The van der Waals surface area contributed by atoms with Crippen LogP contribution in [0, 0.1) is 3.95 Å². The Kier molecular flexibility index (Phi) is 3.62. The topological polar surface area (TPSA) is 66.1 Å². The quantitative estimate of drug-likeness (QED) is 0.799. The van der Waals surface area contributed by atoms with Crippen LogP contribution in [0.3, 0.4) is 0 Å². The van der Waals surface area contributed by atoms with Crippen molar-refractivity contribution in [2.45, 2.75) is 0 Å². The molecule has 0 fully saturated rings. The van der Waals surface area contributed by atoms with Crippen LogP contribution < -0.4 is 4.90 Å². The first kappa shape index (κ1) is 11.6. The van der Waals surface area contributed by atoms with Gasteiger partial charge in [0.15, 0.2) is 3.95 Å². The Bertz CT molecular complexity index is 447. The van der Waals surface area contributed by atoms with E-state index >= 15 is 0 Å². The minimum absolute atomic E-state index is 0.121. The number of sulfone groups is 1. The van der Waals surface area contributed by atoms with Gasteiger partial charge in [0.05, 0.1) is 5.75 Å². The second-order valence-corrected chi connectivity index (χ2v) is 6.85. The minimum Gasteiger partial charge on any atom is -0.349 e. The second-order valence-electron chi connectivity index (χ2n) is 2.95. The predicted octanol–water partition coefficient (Wildman–Crippen LogP) is 0.681. The number of aromatic amines is 1. The average Bonchev–Trinajstić information content (AvgIpc) is 2.46. The molecular weight excluding hydrogens is 242 g/mol. The van der Waals surface area contributed by atoms with Crippen molar-refractivity contribution in [1.82, 2.24) is 10.2 Å². The maximum atomic E-state index is 10.9. The Hall–Kier alpha value is -0.470. The lowest BCUT2D eigenvalue weighted by molar-refractivity contribution is 0.601. The van der Waals surface area contributed by atoms with Gasteiger partial charge in [0.2, 0.25) is 5.13 Å². The van der Waals surface area contributed by atoms with Gasteiger partial charge < -0.3 is 4.90 Å². The Balaban J connectivity index is 2.60. The molecule has 8 heteroatoms. The first-order chi connectivity index (χ1) is 6.38. The summed E-state index contributed by atoms with van der Waals surface area (Å²) in [6.45, 7) is 0.426. The first-order valence-corrected chi connectivity index (χ1v) is 7.11. The van der Waals surface area contributed by atoms with Crippen molar-refractivity contribution >= 4 is 38.5 Å². The zero-order chi connectivity index (χ0) is 10.8. The normalized spacial score (nSPS) is 11.6. The standard InChI is InChI=1S/C6H11N3O2S3/c1-9(3-4-14(2,10)11)5-7-8-6(12)13-5/h3-4H2,1-2H3,(H,8,12). The van der Waals surface area contributed by atoms with Crippen LogP contribution in [0.15, 0.2) is 0 Å². The molecule has 1 aromatic rings. The van der Waals surface area contributed by atoms with Gasteiger partial charge in [-0.3, -0.25) is 5.10 Å². The minimum atomic E-state index is -2.92. The van der Waals surface area contributed by atoms with Crippen LogP contribution >= 0.6 is 23.6 Å². The average molecular weight is 253 g/mol. The van der Waals surface area contributed by atoms with Crippen LogP contribution in [0.1, 0.15) is 0 Å². The first-order valence-electron chi connectivity index (χ1n) is 3.83. The number of hydrogen-bond acceptors (Lipinski definition) is 6. The molecule has 0 aliphatic rings. The second kappa shape index (κ2) is 4.37. The fourth-order valence-corrected chi connectivity index (χ4v) is 2.25. The molecule has 1 heterocycles. The number of rotatable bonds is 4.